The molecule has 0 spiro atoms. The molecular formula is C19H28N2O3. The highest BCUT2D eigenvalue weighted by molar-refractivity contribution is 5.69. The molecule has 1 aromatic carbocycles. The fourth-order valence-electron chi connectivity index (χ4n) is 3.24. The van der Waals surface area contributed by atoms with E-state index in [1.807, 2.05) is 30.1 Å². The summed E-state index contributed by atoms with van der Waals surface area (Å²) < 4.78 is 5.36. The summed E-state index contributed by atoms with van der Waals surface area (Å²) in [5, 5.41) is 8.93. The van der Waals surface area contributed by atoms with Crippen LogP contribution in [0.3, 0.4) is 0 Å². The third-order valence-electron chi connectivity index (χ3n) is 4.60. The predicted molar refractivity (Wildman–Crippen MR) is 96.4 cm³/mol. The molecule has 1 unspecified atom stereocenters. The summed E-state index contributed by atoms with van der Waals surface area (Å²) in [4.78, 5) is 15.3. The Kier molecular flexibility index (Phi) is 7.28. The molecule has 1 N–H and O–H groups in total. The van der Waals surface area contributed by atoms with Crippen LogP contribution in [0.15, 0.2) is 30.3 Å². The van der Waals surface area contributed by atoms with Crippen molar-refractivity contribution < 1.29 is 14.6 Å². The van der Waals surface area contributed by atoms with Crippen LogP contribution in [0.5, 0.6) is 5.75 Å². The first-order valence-electron chi connectivity index (χ1n) is 8.54. The molecule has 1 aliphatic rings. The van der Waals surface area contributed by atoms with E-state index in [9.17, 15) is 4.79 Å². The highest BCUT2D eigenvalue weighted by atomic mass is 16.5. The molecule has 5 nitrogen and oxygen atoms in total. The maximum absolute atomic E-state index is 10.9. The molecule has 2 rings (SSSR count). The van der Waals surface area contributed by atoms with Crippen molar-refractivity contribution in [2.45, 2.75) is 25.3 Å². The van der Waals surface area contributed by atoms with Crippen molar-refractivity contribution in [1.29, 1.82) is 0 Å². The van der Waals surface area contributed by atoms with Crippen molar-refractivity contribution in [3.05, 3.63) is 35.9 Å². The summed E-state index contributed by atoms with van der Waals surface area (Å²) in [7, 11) is 3.60. The Morgan fingerprint density at radius 1 is 1.38 bits per heavy atom. The Balaban J connectivity index is 1.84. The Morgan fingerprint density at radius 2 is 2.17 bits per heavy atom. The lowest BCUT2D eigenvalue weighted by Crippen LogP contribution is -2.36. The summed E-state index contributed by atoms with van der Waals surface area (Å²) >= 11 is 0. The molecule has 132 valence electrons. The molecule has 0 radical (unpaired) electrons. The molecule has 1 aliphatic heterocycles. The second-order valence-corrected chi connectivity index (χ2v) is 6.34. The van der Waals surface area contributed by atoms with Crippen LogP contribution in [0.25, 0.3) is 6.08 Å². The zero-order valence-electron chi connectivity index (χ0n) is 14.6. The average Bonchev–Trinajstić information content (AvgIpc) is 2.80. The van der Waals surface area contributed by atoms with Crippen LogP contribution in [0.2, 0.25) is 0 Å². The summed E-state index contributed by atoms with van der Waals surface area (Å²) in [6.45, 7) is 3.10. The van der Waals surface area contributed by atoms with E-state index in [4.69, 9.17) is 9.84 Å². The normalized spacial score (nSPS) is 19.5. The Morgan fingerprint density at radius 3 is 2.92 bits per heavy atom. The van der Waals surface area contributed by atoms with Crippen LogP contribution < -0.4 is 4.74 Å². The summed E-state index contributed by atoms with van der Waals surface area (Å²) in [5.74, 6) is 0.137. The second kappa shape index (κ2) is 9.45. The fourth-order valence-corrected chi connectivity index (χ4v) is 3.24. The van der Waals surface area contributed by atoms with Gasteiger partial charge in [-0.05, 0) is 45.5 Å². The van der Waals surface area contributed by atoms with Gasteiger partial charge < -0.3 is 9.84 Å². The minimum absolute atomic E-state index is 0.123. The van der Waals surface area contributed by atoms with Gasteiger partial charge in [-0.1, -0.05) is 30.4 Å². The number of likely N-dealkylation sites (tertiary alicyclic amines) is 1. The first kappa shape index (κ1) is 18.5. The first-order valence-corrected chi connectivity index (χ1v) is 8.54. The van der Waals surface area contributed by atoms with E-state index in [2.05, 4.69) is 23.1 Å². The number of carbonyl (C=O) groups is 1. The third kappa shape index (κ3) is 5.65. The quantitative estimate of drug-likeness (QED) is 0.832. The highest BCUT2D eigenvalue weighted by Crippen LogP contribution is 2.19. The summed E-state index contributed by atoms with van der Waals surface area (Å²) in [6.07, 6.45) is 7.48. The van der Waals surface area contributed by atoms with Gasteiger partial charge in [-0.3, -0.25) is 14.6 Å². The maximum Gasteiger partial charge on any atom is 0.317 e. The Hall–Kier alpha value is -1.85. The number of benzene rings is 1. The number of nitrogens with zero attached hydrogens (tertiary/aromatic N) is 2. The third-order valence-corrected chi connectivity index (χ3v) is 4.60. The summed E-state index contributed by atoms with van der Waals surface area (Å²) in [6, 6.07) is 8.36. The van der Waals surface area contributed by atoms with Crippen molar-refractivity contribution in [3.63, 3.8) is 0 Å². The minimum Gasteiger partial charge on any atom is -0.496 e. The van der Waals surface area contributed by atoms with Crippen molar-refractivity contribution in [3.8, 4) is 5.75 Å². The molecule has 0 saturated carbocycles. The molecule has 1 fully saturated rings. The average molecular weight is 332 g/mol. The Bertz CT molecular complexity index is 559. The van der Waals surface area contributed by atoms with Crippen molar-refractivity contribution >= 4 is 12.0 Å². The minimum atomic E-state index is -0.752. The zero-order valence-corrected chi connectivity index (χ0v) is 14.6. The van der Waals surface area contributed by atoms with E-state index in [0.717, 1.165) is 50.2 Å². The van der Waals surface area contributed by atoms with Gasteiger partial charge in [0.25, 0.3) is 0 Å². The van der Waals surface area contributed by atoms with Gasteiger partial charge in [0.05, 0.1) is 13.7 Å². The van der Waals surface area contributed by atoms with Crippen molar-refractivity contribution in [2.75, 3.05) is 40.3 Å². The standard InChI is InChI=1S/C19H28N2O3/c1-20(15-19(22)23)17-9-6-13-21(14-11-17)12-5-8-16-7-3-4-10-18(16)24-2/h3-5,7-8,10,17H,6,9,11-15H2,1-2H3,(H,22,23)/b8-5+. The first-order chi connectivity index (χ1) is 11.6. The van der Waals surface area contributed by atoms with E-state index in [1.54, 1.807) is 7.11 Å². The number of para-hydroxylation sites is 1. The number of likely N-dealkylation sites (N-methyl/N-ethyl adjacent to an activating group) is 1. The molecule has 0 aliphatic carbocycles. The van der Waals surface area contributed by atoms with Gasteiger partial charge in [0, 0.05) is 18.2 Å². The maximum atomic E-state index is 10.9. The van der Waals surface area contributed by atoms with Gasteiger partial charge in [-0.2, -0.15) is 0 Å². The van der Waals surface area contributed by atoms with Gasteiger partial charge in [0.15, 0.2) is 0 Å². The van der Waals surface area contributed by atoms with E-state index < -0.39 is 5.97 Å². The lowest BCUT2D eigenvalue weighted by Gasteiger charge is -2.25. The Labute approximate surface area is 144 Å². The van der Waals surface area contributed by atoms with E-state index in [0.29, 0.717) is 6.04 Å². The molecular weight excluding hydrogens is 304 g/mol. The molecule has 0 bridgehead atoms. The number of rotatable bonds is 7. The van der Waals surface area contributed by atoms with E-state index in [1.165, 1.54) is 0 Å². The largest absolute Gasteiger partial charge is 0.496 e. The van der Waals surface area contributed by atoms with Gasteiger partial charge >= 0.3 is 5.97 Å². The molecule has 0 aromatic heterocycles. The van der Waals surface area contributed by atoms with Crippen LogP contribution in [0.4, 0.5) is 0 Å². The molecule has 1 heterocycles. The monoisotopic (exact) mass is 332 g/mol. The number of aliphatic carboxylic acids is 1. The van der Waals surface area contributed by atoms with Crippen LogP contribution >= 0.6 is 0 Å². The molecule has 0 amide bonds. The second-order valence-electron chi connectivity index (χ2n) is 6.34. The molecule has 1 saturated heterocycles. The number of carboxylic acid groups (broad SMARTS) is 1. The van der Waals surface area contributed by atoms with Crippen LogP contribution in [-0.2, 0) is 4.79 Å². The number of methoxy groups -OCH3 is 1. The van der Waals surface area contributed by atoms with Crippen LogP contribution in [-0.4, -0.2) is 67.3 Å². The fraction of sp³-hybridized carbons (Fsp3) is 0.526. The zero-order chi connectivity index (χ0) is 17.4. The highest BCUT2D eigenvalue weighted by Gasteiger charge is 2.21. The predicted octanol–water partition coefficient (Wildman–Crippen LogP) is 2.58. The van der Waals surface area contributed by atoms with Crippen LogP contribution in [0, 0.1) is 0 Å². The van der Waals surface area contributed by atoms with Crippen LogP contribution in [0.1, 0.15) is 24.8 Å². The van der Waals surface area contributed by atoms with Crippen molar-refractivity contribution in [2.24, 2.45) is 0 Å². The molecule has 1 aromatic rings. The van der Waals surface area contributed by atoms with Gasteiger partial charge in [-0.25, -0.2) is 0 Å². The number of hydrogen-bond donors (Lipinski definition) is 1. The molecule has 1 atom stereocenters. The smallest absolute Gasteiger partial charge is 0.317 e. The van der Waals surface area contributed by atoms with E-state index in [-0.39, 0.29) is 6.54 Å². The SMILES string of the molecule is COc1ccccc1/C=C/CN1CCCC(N(C)CC(=O)O)CC1. The number of carboxylic acids is 1. The topological polar surface area (TPSA) is 53.0 Å². The number of hydrogen-bond acceptors (Lipinski definition) is 4. The molecule has 24 heavy (non-hydrogen) atoms. The molecule has 5 heteroatoms. The van der Waals surface area contributed by atoms with Gasteiger partial charge in [0.2, 0.25) is 0 Å². The van der Waals surface area contributed by atoms with E-state index >= 15 is 0 Å². The lowest BCUT2D eigenvalue weighted by atomic mass is 10.1. The summed E-state index contributed by atoms with van der Waals surface area (Å²) in [5.41, 5.74) is 1.09. The van der Waals surface area contributed by atoms with Gasteiger partial charge in [0.1, 0.15) is 5.75 Å². The van der Waals surface area contributed by atoms with Gasteiger partial charge in [-0.15, -0.1) is 0 Å². The number of ether oxygens (including phenoxy) is 1. The van der Waals surface area contributed by atoms with Crippen molar-refractivity contribution in [1.82, 2.24) is 9.80 Å². The lowest BCUT2D eigenvalue weighted by molar-refractivity contribution is -0.138.